The summed E-state index contributed by atoms with van der Waals surface area (Å²) >= 11 is 5.87. The number of aromatic hydroxyl groups is 1. The van der Waals surface area contributed by atoms with Gasteiger partial charge in [0.2, 0.25) is 0 Å². The highest BCUT2D eigenvalue weighted by molar-refractivity contribution is 6.32. The van der Waals surface area contributed by atoms with Crippen molar-refractivity contribution in [2.45, 2.75) is 24.8 Å². The van der Waals surface area contributed by atoms with Gasteiger partial charge in [0.1, 0.15) is 11.6 Å². The van der Waals surface area contributed by atoms with Crippen LogP contribution in [0.1, 0.15) is 24.3 Å². The van der Waals surface area contributed by atoms with Gasteiger partial charge in [0.15, 0.2) is 0 Å². The predicted molar refractivity (Wildman–Crippen MR) is 78.9 cm³/mol. The van der Waals surface area contributed by atoms with E-state index in [9.17, 15) is 9.50 Å². The van der Waals surface area contributed by atoms with Crippen LogP contribution in [0, 0.1) is 5.82 Å². The average molecular weight is 292 g/mol. The van der Waals surface area contributed by atoms with Crippen molar-refractivity contribution in [3.05, 3.63) is 58.9 Å². The quantitative estimate of drug-likeness (QED) is 0.814. The first kappa shape index (κ1) is 13.3. The Bertz CT molecular complexity index is 626. The SMILES string of the molecule is Oc1ccc(NC2CC(c3cccc(F)c3)C2)cc1Cl. The molecule has 0 saturated heterocycles. The number of rotatable bonds is 3. The van der Waals surface area contributed by atoms with E-state index < -0.39 is 0 Å². The minimum absolute atomic E-state index is 0.0865. The first-order valence-electron chi connectivity index (χ1n) is 6.62. The molecule has 2 N–H and O–H groups in total. The van der Waals surface area contributed by atoms with Crippen LogP contribution in [-0.2, 0) is 0 Å². The molecule has 104 valence electrons. The van der Waals surface area contributed by atoms with Crippen LogP contribution in [-0.4, -0.2) is 11.1 Å². The molecule has 3 rings (SSSR count). The van der Waals surface area contributed by atoms with E-state index in [1.54, 1.807) is 30.3 Å². The highest BCUT2D eigenvalue weighted by Crippen LogP contribution is 2.39. The molecule has 1 aliphatic rings. The summed E-state index contributed by atoms with van der Waals surface area (Å²) in [5, 5.41) is 13.1. The Kier molecular flexibility index (Phi) is 3.53. The summed E-state index contributed by atoms with van der Waals surface area (Å²) in [5.74, 6) is 0.323. The Hall–Kier alpha value is -1.74. The third-order valence-corrected chi connectivity index (χ3v) is 4.08. The van der Waals surface area contributed by atoms with Gasteiger partial charge in [-0.05, 0) is 54.7 Å². The smallest absolute Gasteiger partial charge is 0.134 e. The van der Waals surface area contributed by atoms with E-state index in [-0.39, 0.29) is 11.6 Å². The Morgan fingerprint density at radius 2 is 1.95 bits per heavy atom. The van der Waals surface area contributed by atoms with E-state index in [0.29, 0.717) is 17.0 Å². The summed E-state index contributed by atoms with van der Waals surface area (Å²) in [6.07, 6.45) is 1.95. The van der Waals surface area contributed by atoms with Gasteiger partial charge in [0.05, 0.1) is 5.02 Å². The van der Waals surface area contributed by atoms with E-state index in [2.05, 4.69) is 5.32 Å². The fraction of sp³-hybridized carbons (Fsp3) is 0.250. The number of hydrogen-bond acceptors (Lipinski definition) is 2. The van der Waals surface area contributed by atoms with Crippen molar-refractivity contribution < 1.29 is 9.50 Å². The maximum atomic E-state index is 13.2. The van der Waals surface area contributed by atoms with Gasteiger partial charge in [0.25, 0.3) is 0 Å². The molecule has 4 heteroatoms. The molecule has 1 aliphatic carbocycles. The lowest BCUT2D eigenvalue weighted by Gasteiger charge is -2.37. The van der Waals surface area contributed by atoms with Gasteiger partial charge in [-0.2, -0.15) is 0 Å². The second kappa shape index (κ2) is 5.33. The number of nitrogens with one attached hydrogen (secondary N) is 1. The van der Waals surface area contributed by atoms with Crippen LogP contribution in [0.4, 0.5) is 10.1 Å². The first-order chi connectivity index (χ1) is 9.61. The third-order valence-electron chi connectivity index (χ3n) is 3.78. The van der Waals surface area contributed by atoms with Crippen LogP contribution < -0.4 is 5.32 Å². The minimum Gasteiger partial charge on any atom is -0.506 e. The van der Waals surface area contributed by atoms with Crippen LogP contribution in [0.3, 0.4) is 0 Å². The standard InChI is InChI=1S/C16H15ClFNO/c17-15-9-13(4-5-16(15)20)19-14-7-11(8-14)10-2-1-3-12(18)6-10/h1-6,9,11,14,19-20H,7-8H2. The summed E-state index contributed by atoms with van der Waals surface area (Å²) in [6, 6.07) is 12.3. The van der Waals surface area contributed by atoms with Crippen molar-refractivity contribution in [2.24, 2.45) is 0 Å². The van der Waals surface area contributed by atoms with E-state index in [4.69, 9.17) is 11.6 Å². The van der Waals surface area contributed by atoms with Crippen LogP contribution in [0.15, 0.2) is 42.5 Å². The molecule has 0 amide bonds. The Morgan fingerprint density at radius 3 is 2.65 bits per heavy atom. The van der Waals surface area contributed by atoms with Gasteiger partial charge in [-0.25, -0.2) is 4.39 Å². The zero-order chi connectivity index (χ0) is 14.1. The lowest BCUT2D eigenvalue weighted by Crippen LogP contribution is -2.34. The van der Waals surface area contributed by atoms with Crippen molar-refractivity contribution in [3.63, 3.8) is 0 Å². The molecule has 1 saturated carbocycles. The van der Waals surface area contributed by atoms with Crippen LogP contribution in [0.25, 0.3) is 0 Å². The van der Waals surface area contributed by atoms with Crippen LogP contribution in [0.2, 0.25) is 5.02 Å². The number of phenols is 1. The first-order valence-corrected chi connectivity index (χ1v) is 7.00. The van der Waals surface area contributed by atoms with Gasteiger partial charge in [-0.3, -0.25) is 0 Å². The Balaban J connectivity index is 1.59. The lowest BCUT2D eigenvalue weighted by atomic mass is 9.76. The molecule has 0 bridgehead atoms. The van der Waals surface area contributed by atoms with E-state index >= 15 is 0 Å². The predicted octanol–water partition coefficient (Wildman–Crippen LogP) is 4.54. The number of hydrogen-bond donors (Lipinski definition) is 2. The molecular formula is C16H15ClFNO. The molecule has 20 heavy (non-hydrogen) atoms. The molecule has 2 nitrogen and oxygen atoms in total. The number of benzene rings is 2. The van der Waals surface area contributed by atoms with E-state index in [1.165, 1.54) is 6.07 Å². The summed E-state index contributed by atoms with van der Waals surface area (Å²) < 4.78 is 13.2. The van der Waals surface area contributed by atoms with Crippen LogP contribution in [0.5, 0.6) is 5.75 Å². The minimum atomic E-state index is -0.177. The second-order valence-electron chi connectivity index (χ2n) is 5.23. The molecule has 2 aromatic rings. The van der Waals surface area contributed by atoms with Crippen molar-refractivity contribution in [3.8, 4) is 5.75 Å². The monoisotopic (exact) mass is 291 g/mol. The van der Waals surface area contributed by atoms with Crippen molar-refractivity contribution in [2.75, 3.05) is 5.32 Å². The Labute approximate surface area is 122 Å². The summed E-state index contributed by atoms with van der Waals surface area (Å²) in [7, 11) is 0. The maximum absolute atomic E-state index is 13.2. The third kappa shape index (κ3) is 2.73. The Morgan fingerprint density at radius 1 is 1.15 bits per heavy atom. The van der Waals surface area contributed by atoms with Crippen molar-refractivity contribution in [1.29, 1.82) is 0 Å². The average Bonchev–Trinajstić information content (AvgIpc) is 2.37. The summed E-state index contributed by atoms with van der Waals surface area (Å²) in [4.78, 5) is 0. The summed E-state index contributed by atoms with van der Waals surface area (Å²) in [5.41, 5.74) is 1.96. The molecule has 0 heterocycles. The lowest BCUT2D eigenvalue weighted by molar-refractivity contribution is 0.373. The fourth-order valence-electron chi connectivity index (χ4n) is 2.60. The van der Waals surface area contributed by atoms with Crippen molar-refractivity contribution in [1.82, 2.24) is 0 Å². The topological polar surface area (TPSA) is 32.3 Å². The molecule has 0 aromatic heterocycles. The molecule has 0 aliphatic heterocycles. The van der Waals surface area contributed by atoms with Gasteiger partial charge >= 0.3 is 0 Å². The molecule has 0 atom stereocenters. The normalized spacial score (nSPS) is 21.3. The zero-order valence-corrected chi connectivity index (χ0v) is 11.6. The van der Waals surface area contributed by atoms with Crippen LogP contribution >= 0.6 is 11.6 Å². The number of anilines is 1. The van der Waals surface area contributed by atoms with Gasteiger partial charge in [0, 0.05) is 11.7 Å². The maximum Gasteiger partial charge on any atom is 0.134 e. The summed E-state index contributed by atoms with van der Waals surface area (Å²) in [6.45, 7) is 0. The van der Waals surface area contributed by atoms with Crippen molar-refractivity contribution >= 4 is 17.3 Å². The molecule has 0 radical (unpaired) electrons. The van der Waals surface area contributed by atoms with Gasteiger partial charge in [-0.15, -0.1) is 0 Å². The highest BCUT2D eigenvalue weighted by Gasteiger charge is 2.30. The van der Waals surface area contributed by atoms with Gasteiger partial charge in [-0.1, -0.05) is 23.7 Å². The number of halogens is 2. The largest absolute Gasteiger partial charge is 0.506 e. The molecule has 0 spiro atoms. The molecule has 1 fully saturated rings. The molecule has 2 aromatic carbocycles. The van der Waals surface area contributed by atoms with Gasteiger partial charge < -0.3 is 10.4 Å². The van der Waals surface area contributed by atoms with E-state index in [1.807, 2.05) is 6.07 Å². The fourth-order valence-corrected chi connectivity index (χ4v) is 2.78. The number of phenolic OH excluding ortho intramolecular Hbond substituents is 1. The molecule has 0 unspecified atom stereocenters. The second-order valence-corrected chi connectivity index (χ2v) is 5.64. The highest BCUT2D eigenvalue weighted by atomic mass is 35.5. The van der Waals surface area contributed by atoms with E-state index in [0.717, 1.165) is 24.1 Å². The molecular weight excluding hydrogens is 277 g/mol. The zero-order valence-electron chi connectivity index (χ0n) is 10.8.